The Morgan fingerprint density at radius 2 is 2.06 bits per heavy atom. The Labute approximate surface area is 101 Å². The van der Waals surface area contributed by atoms with Crippen LogP contribution in [-0.2, 0) is 14.6 Å². The lowest BCUT2D eigenvalue weighted by atomic mass is 10.1. The Hall–Kier alpha value is -1.33. The van der Waals surface area contributed by atoms with Gasteiger partial charge >= 0.3 is 0 Å². The molecule has 0 aliphatic carbocycles. The van der Waals surface area contributed by atoms with Crippen LogP contribution in [0, 0.1) is 0 Å². The summed E-state index contributed by atoms with van der Waals surface area (Å²) in [5.74, 6) is 0. The molecule has 1 aromatic rings. The standard InChI is InChI=1S/C12H15NO3S/c1-8(2)16-6-9-7-17(14,15)12-10(9)4-3-5-11(12)13/h3-5,7-8H,6,13H2,1-2H3. The van der Waals surface area contributed by atoms with E-state index in [0.717, 1.165) is 0 Å². The average molecular weight is 253 g/mol. The van der Waals surface area contributed by atoms with Gasteiger partial charge in [-0.1, -0.05) is 12.1 Å². The molecule has 0 saturated carbocycles. The Kier molecular flexibility index (Phi) is 2.97. The maximum absolute atomic E-state index is 11.9. The zero-order chi connectivity index (χ0) is 12.6. The second-order valence-electron chi connectivity index (χ2n) is 4.27. The van der Waals surface area contributed by atoms with Crippen LogP contribution < -0.4 is 5.73 Å². The van der Waals surface area contributed by atoms with Gasteiger partial charge < -0.3 is 10.5 Å². The molecular weight excluding hydrogens is 238 g/mol. The van der Waals surface area contributed by atoms with Gasteiger partial charge in [0.2, 0.25) is 9.84 Å². The fourth-order valence-electron chi connectivity index (χ4n) is 1.80. The molecule has 1 aromatic carbocycles. The Morgan fingerprint density at radius 3 is 2.71 bits per heavy atom. The monoisotopic (exact) mass is 253 g/mol. The minimum atomic E-state index is -3.40. The van der Waals surface area contributed by atoms with Gasteiger partial charge in [0.25, 0.3) is 0 Å². The topological polar surface area (TPSA) is 69.4 Å². The van der Waals surface area contributed by atoms with Crippen molar-refractivity contribution in [3.63, 3.8) is 0 Å². The molecule has 5 heteroatoms. The smallest absolute Gasteiger partial charge is 0.202 e. The van der Waals surface area contributed by atoms with Gasteiger partial charge in [0.05, 0.1) is 18.4 Å². The quantitative estimate of drug-likeness (QED) is 0.834. The van der Waals surface area contributed by atoms with E-state index in [-0.39, 0.29) is 17.6 Å². The van der Waals surface area contributed by atoms with Gasteiger partial charge in [0, 0.05) is 11.0 Å². The second-order valence-corrected chi connectivity index (χ2v) is 6.01. The predicted octanol–water partition coefficient (Wildman–Crippen LogP) is 1.82. The first kappa shape index (κ1) is 12.1. The number of rotatable bonds is 3. The first-order valence-corrected chi connectivity index (χ1v) is 6.92. The number of sulfone groups is 1. The van der Waals surface area contributed by atoms with Crippen molar-refractivity contribution >= 4 is 21.1 Å². The lowest BCUT2D eigenvalue weighted by Gasteiger charge is -2.09. The fourth-order valence-corrected chi connectivity index (χ4v) is 3.39. The van der Waals surface area contributed by atoms with E-state index in [4.69, 9.17) is 10.5 Å². The number of hydrogen-bond donors (Lipinski definition) is 1. The summed E-state index contributed by atoms with van der Waals surface area (Å²) in [5.41, 5.74) is 7.33. The third kappa shape index (κ3) is 2.21. The number of benzene rings is 1. The van der Waals surface area contributed by atoms with Gasteiger partial charge in [-0.25, -0.2) is 8.42 Å². The molecule has 0 fully saturated rings. The normalized spacial score (nSPS) is 17.0. The van der Waals surface area contributed by atoms with E-state index in [2.05, 4.69) is 0 Å². The van der Waals surface area contributed by atoms with Crippen molar-refractivity contribution in [1.29, 1.82) is 0 Å². The van der Waals surface area contributed by atoms with Gasteiger partial charge in [-0.3, -0.25) is 0 Å². The van der Waals surface area contributed by atoms with Crippen molar-refractivity contribution in [1.82, 2.24) is 0 Å². The summed E-state index contributed by atoms with van der Waals surface area (Å²) in [4.78, 5) is 0.211. The molecule has 0 aromatic heterocycles. The number of ether oxygens (including phenoxy) is 1. The molecule has 2 N–H and O–H groups in total. The van der Waals surface area contributed by atoms with Crippen LogP contribution >= 0.6 is 0 Å². The van der Waals surface area contributed by atoms with E-state index in [9.17, 15) is 8.42 Å². The maximum Gasteiger partial charge on any atom is 0.202 e. The van der Waals surface area contributed by atoms with E-state index < -0.39 is 9.84 Å². The van der Waals surface area contributed by atoms with Crippen LogP contribution in [0.1, 0.15) is 19.4 Å². The molecule has 0 radical (unpaired) electrons. The van der Waals surface area contributed by atoms with Gasteiger partial charge in [0.1, 0.15) is 4.90 Å². The summed E-state index contributed by atoms with van der Waals surface area (Å²) >= 11 is 0. The summed E-state index contributed by atoms with van der Waals surface area (Å²) in [7, 11) is -3.40. The molecule has 0 spiro atoms. The zero-order valence-electron chi connectivity index (χ0n) is 9.80. The minimum absolute atomic E-state index is 0.0590. The second kappa shape index (κ2) is 4.16. The first-order valence-electron chi connectivity index (χ1n) is 5.38. The molecule has 1 aliphatic rings. The van der Waals surface area contributed by atoms with Crippen molar-refractivity contribution in [2.24, 2.45) is 0 Å². The van der Waals surface area contributed by atoms with Crippen molar-refractivity contribution in [2.45, 2.75) is 24.8 Å². The highest BCUT2D eigenvalue weighted by atomic mass is 32.2. The molecule has 0 unspecified atom stereocenters. The Balaban J connectivity index is 2.44. The highest BCUT2D eigenvalue weighted by Crippen LogP contribution is 2.37. The molecular formula is C12H15NO3S. The minimum Gasteiger partial charge on any atom is -0.398 e. The van der Waals surface area contributed by atoms with Crippen LogP contribution in [0.2, 0.25) is 0 Å². The predicted molar refractivity (Wildman–Crippen MR) is 67.1 cm³/mol. The lowest BCUT2D eigenvalue weighted by molar-refractivity contribution is 0.107. The molecule has 1 aliphatic heterocycles. The van der Waals surface area contributed by atoms with Crippen LogP contribution in [0.3, 0.4) is 0 Å². The average Bonchev–Trinajstić information content (AvgIpc) is 2.49. The summed E-state index contributed by atoms with van der Waals surface area (Å²) in [6.45, 7) is 4.10. The molecule has 0 atom stereocenters. The number of nitrogens with two attached hydrogens (primary N) is 1. The molecule has 0 saturated heterocycles. The highest BCUT2D eigenvalue weighted by Gasteiger charge is 2.28. The van der Waals surface area contributed by atoms with Crippen LogP contribution in [0.5, 0.6) is 0 Å². The van der Waals surface area contributed by atoms with Crippen LogP contribution in [-0.4, -0.2) is 21.1 Å². The van der Waals surface area contributed by atoms with Crippen LogP contribution in [0.25, 0.3) is 5.57 Å². The van der Waals surface area contributed by atoms with E-state index in [1.54, 1.807) is 18.2 Å². The number of anilines is 1. The van der Waals surface area contributed by atoms with E-state index >= 15 is 0 Å². The van der Waals surface area contributed by atoms with Crippen LogP contribution in [0.15, 0.2) is 28.5 Å². The van der Waals surface area contributed by atoms with E-state index in [1.165, 1.54) is 5.41 Å². The molecule has 0 bridgehead atoms. The highest BCUT2D eigenvalue weighted by molar-refractivity contribution is 7.95. The summed E-state index contributed by atoms with van der Waals surface area (Å²) in [6, 6.07) is 5.10. The first-order chi connectivity index (χ1) is 7.92. The van der Waals surface area contributed by atoms with Crippen molar-refractivity contribution in [3.05, 3.63) is 29.2 Å². The molecule has 1 heterocycles. The lowest BCUT2D eigenvalue weighted by Crippen LogP contribution is -2.05. The van der Waals surface area contributed by atoms with Crippen LogP contribution in [0.4, 0.5) is 5.69 Å². The van der Waals surface area contributed by atoms with E-state index in [0.29, 0.717) is 16.8 Å². The molecule has 2 rings (SSSR count). The van der Waals surface area contributed by atoms with Crippen molar-refractivity contribution < 1.29 is 13.2 Å². The Bertz CT molecular complexity index is 573. The van der Waals surface area contributed by atoms with Crippen molar-refractivity contribution in [2.75, 3.05) is 12.3 Å². The van der Waals surface area contributed by atoms with Gasteiger partial charge in [0.15, 0.2) is 0 Å². The zero-order valence-corrected chi connectivity index (χ0v) is 10.6. The molecule has 4 nitrogen and oxygen atoms in total. The Morgan fingerprint density at radius 1 is 1.35 bits per heavy atom. The number of nitrogen functional groups attached to an aromatic ring is 1. The summed E-state index contributed by atoms with van der Waals surface area (Å²) < 4.78 is 29.3. The third-order valence-electron chi connectivity index (χ3n) is 2.55. The number of hydrogen-bond acceptors (Lipinski definition) is 4. The molecule has 0 amide bonds. The largest absolute Gasteiger partial charge is 0.398 e. The van der Waals surface area contributed by atoms with Gasteiger partial charge in [-0.15, -0.1) is 0 Å². The fraction of sp³-hybridized carbons (Fsp3) is 0.333. The van der Waals surface area contributed by atoms with Crippen molar-refractivity contribution in [3.8, 4) is 0 Å². The van der Waals surface area contributed by atoms with E-state index in [1.807, 2.05) is 13.8 Å². The number of fused-ring (bicyclic) bond motifs is 1. The van der Waals surface area contributed by atoms with Gasteiger partial charge in [-0.2, -0.15) is 0 Å². The third-order valence-corrected chi connectivity index (χ3v) is 4.17. The molecule has 92 valence electrons. The molecule has 17 heavy (non-hydrogen) atoms. The SMILES string of the molecule is CC(C)OCC1=CS(=O)(=O)c2c(N)cccc21. The maximum atomic E-state index is 11.9. The summed E-state index contributed by atoms with van der Waals surface area (Å²) in [6.07, 6.45) is 0.0590. The van der Waals surface area contributed by atoms with Gasteiger partial charge in [-0.05, 0) is 25.5 Å². The summed E-state index contributed by atoms with van der Waals surface area (Å²) in [5, 5.41) is 1.25.